The van der Waals surface area contributed by atoms with Crippen molar-refractivity contribution in [3.8, 4) is 5.75 Å². The summed E-state index contributed by atoms with van der Waals surface area (Å²) in [5.41, 5.74) is 6.61. The van der Waals surface area contributed by atoms with Crippen LogP contribution in [0.2, 0.25) is 0 Å². The van der Waals surface area contributed by atoms with Crippen LogP contribution in [0.4, 0.5) is 10.1 Å². The molecule has 0 radical (unpaired) electrons. The number of benzene rings is 2. The number of hydrogen-bond donors (Lipinski definition) is 2. The molecule has 0 heterocycles. The molecule has 4 nitrogen and oxygen atoms in total. The number of hydrogen-bond acceptors (Lipinski definition) is 3. The highest BCUT2D eigenvalue weighted by atomic mass is 19.1. The number of para-hydroxylation sites is 1. The summed E-state index contributed by atoms with van der Waals surface area (Å²) in [7, 11) is 0. The molecule has 2 rings (SSSR count). The van der Waals surface area contributed by atoms with Gasteiger partial charge in [-0.3, -0.25) is 4.79 Å². The van der Waals surface area contributed by atoms with Gasteiger partial charge in [-0.05, 0) is 30.3 Å². The Morgan fingerprint density at radius 3 is 2.75 bits per heavy atom. The topological polar surface area (TPSA) is 64.4 Å². The van der Waals surface area contributed by atoms with Crippen LogP contribution in [-0.4, -0.2) is 19.1 Å². The summed E-state index contributed by atoms with van der Waals surface area (Å²) in [4.78, 5) is 11.8. The van der Waals surface area contributed by atoms with Crippen molar-refractivity contribution in [2.45, 2.75) is 0 Å². The molecule has 1 amide bonds. The molecule has 5 heteroatoms. The Bertz CT molecular complexity index is 602. The second kappa shape index (κ2) is 6.56. The lowest BCUT2D eigenvalue weighted by Crippen LogP contribution is -2.28. The molecule has 2 aromatic carbocycles. The van der Waals surface area contributed by atoms with Gasteiger partial charge in [0.25, 0.3) is 5.91 Å². The first-order valence-electron chi connectivity index (χ1n) is 6.18. The molecule has 2 aromatic rings. The fourth-order valence-corrected chi connectivity index (χ4v) is 1.67. The minimum absolute atomic E-state index is 0.172. The molecule has 3 N–H and O–H groups in total. The Balaban J connectivity index is 1.79. The van der Waals surface area contributed by atoms with E-state index in [1.807, 2.05) is 0 Å². The van der Waals surface area contributed by atoms with E-state index in [9.17, 15) is 9.18 Å². The molecule has 0 saturated heterocycles. The normalized spacial score (nSPS) is 10.1. The largest absolute Gasteiger partial charge is 0.489 e. The summed E-state index contributed by atoms with van der Waals surface area (Å²) >= 11 is 0. The Labute approximate surface area is 116 Å². The van der Waals surface area contributed by atoms with Crippen LogP contribution in [0.3, 0.4) is 0 Å². The summed E-state index contributed by atoms with van der Waals surface area (Å²) in [5, 5.41) is 2.67. The van der Waals surface area contributed by atoms with Crippen molar-refractivity contribution in [3.05, 3.63) is 59.9 Å². The Hall–Kier alpha value is -2.56. The molecule has 104 valence electrons. The number of nitrogens with one attached hydrogen (secondary N) is 1. The van der Waals surface area contributed by atoms with Crippen molar-refractivity contribution < 1.29 is 13.9 Å². The lowest BCUT2D eigenvalue weighted by molar-refractivity contribution is 0.0947. The van der Waals surface area contributed by atoms with E-state index >= 15 is 0 Å². The van der Waals surface area contributed by atoms with Crippen LogP contribution in [0, 0.1) is 5.82 Å². The number of nitrogens with two attached hydrogens (primary N) is 1. The van der Waals surface area contributed by atoms with E-state index in [0.717, 1.165) is 0 Å². The monoisotopic (exact) mass is 274 g/mol. The molecule has 20 heavy (non-hydrogen) atoms. The predicted molar refractivity (Wildman–Crippen MR) is 75.1 cm³/mol. The molecule has 0 aliphatic rings. The van der Waals surface area contributed by atoms with Crippen molar-refractivity contribution >= 4 is 11.6 Å². The summed E-state index contributed by atoms with van der Waals surface area (Å²) in [6.45, 7) is 0.469. The number of carbonyl (C=O) groups is 1. The van der Waals surface area contributed by atoms with Crippen molar-refractivity contribution in [2.24, 2.45) is 0 Å². The molecule has 0 unspecified atom stereocenters. The third kappa shape index (κ3) is 3.71. The molecule has 0 saturated carbocycles. The summed E-state index contributed by atoms with van der Waals surface area (Å²) in [6.07, 6.45) is 0. The average molecular weight is 274 g/mol. The third-order valence-electron chi connectivity index (χ3n) is 2.63. The van der Waals surface area contributed by atoms with Gasteiger partial charge in [-0.15, -0.1) is 0 Å². The van der Waals surface area contributed by atoms with E-state index in [-0.39, 0.29) is 24.8 Å². The van der Waals surface area contributed by atoms with Gasteiger partial charge in [-0.1, -0.05) is 18.2 Å². The molecule has 0 atom stereocenters. The fourth-order valence-electron chi connectivity index (χ4n) is 1.67. The van der Waals surface area contributed by atoms with Crippen molar-refractivity contribution in [2.75, 3.05) is 18.9 Å². The second-order valence-electron chi connectivity index (χ2n) is 4.16. The Kier molecular flexibility index (Phi) is 4.55. The summed E-state index contributed by atoms with van der Waals surface area (Å²) in [6, 6.07) is 12.8. The molecular formula is C15H15FN2O2. The Morgan fingerprint density at radius 1 is 1.20 bits per heavy atom. The number of ether oxygens (including phenoxy) is 1. The molecule has 0 aliphatic carbocycles. The first kappa shape index (κ1) is 13.9. The standard InChI is InChI=1S/C15H15FN2O2/c16-13-6-1-2-7-14(13)20-9-8-18-15(19)11-4-3-5-12(17)10-11/h1-7,10H,8-9,17H2,(H,18,19). The smallest absolute Gasteiger partial charge is 0.251 e. The maximum absolute atomic E-state index is 13.3. The van der Waals surface area contributed by atoms with Crippen LogP contribution in [0.25, 0.3) is 0 Å². The molecular weight excluding hydrogens is 259 g/mol. The quantitative estimate of drug-likeness (QED) is 0.649. The zero-order chi connectivity index (χ0) is 14.4. The van der Waals surface area contributed by atoms with Crippen LogP contribution >= 0.6 is 0 Å². The SMILES string of the molecule is Nc1cccc(C(=O)NCCOc2ccccc2F)c1. The van der Waals surface area contributed by atoms with Gasteiger partial charge >= 0.3 is 0 Å². The van der Waals surface area contributed by atoms with E-state index in [4.69, 9.17) is 10.5 Å². The van der Waals surface area contributed by atoms with E-state index in [1.54, 1.807) is 36.4 Å². The van der Waals surface area contributed by atoms with Crippen LogP contribution in [0.15, 0.2) is 48.5 Å². The lowest BCUT2D eigenvalue weighted by Gasteiger charge is -2.08. The maximum atomic E-state index is 13.3. The summed E-state index contributed by atoms with van der Waals surface area (Å²) < 4.78 is 18.5. The number of halogens is 1. The molecule has 0 fully saturated rings. The van der Waals surface area contributed by atoms with E-state index in [1.165, 1.54) is 12.1 Å². The van der Waals surface area contributed by atoms with Gasteiger partial charge in [0.1, 0.15) is 6.61 Å². The zero-order valence-electron chi connectivity index (χ0n) is 10.8. The van der Waals surface area contributed by atoms with Gasteiger partial charge in [0.05, 0.1) is 6.54 Å². The van der Waals surface area contributed by atoms with Gasteiger partial charge in [-0.2, -0.15) is 0 Å². The van der Waals surface area contributed by atoms with E-state index < -0.39 is 5.82 Å². The highest BCUT2D eigenvalue weighted by molar-refractivity contribution is 5.94. The van der Waals surface area contributed by atoms with Crippen LogP contribution < -0.4 is 15.8 Å². The summed E-state index contributed by atoms with van der Waals surface area (Å²) in [5.74, 6) is -0.491. The fraction of sp³-hybridized carbons (Fsp3) is 0.133. The van der Waals surface area contributed by atoms with Crippen LogP contribution in [0.1, 0.15) is 10.4 Å². The zero-order valence-corrected chi connectivity index (χ0v) is 10.8. The number of rotatable bonds is 5. The second-order valence-corrected chi connectivity index (χ2v) is 4.16. The minimum atomic E-state index is -0.422. The van der Waals surface area contributed by atoms with Gasteiger partial charge in [0, 0.05) is 11.3 Å². The minimum Gasteiger partial charge on any atom is -0.489 e. The van der Waals surface area contributed by atoms with Gasteiger partial charge in [-0.25, -0.2) is 4.39 Å². The predicted octanol–water partition coefficient (Wildman–Crippen LogP) is 2.22. The molecule has 0 spiro atoms. The Morgan fingerprint density at radius 2 is 2.00 bits per heavy atom. The lowest BCUT2D eigenvalue weighted by atomic mass is 10.2. The number of nitrogen functional groups attached to an aromatic ring is 1. The van der Waals surface area contributed by atoms with E-state index in [0.29, 0.717) is 11.3 Å². The number of amides is 1. The van der Waals surface area contributed by atoms with Crippen LogP contribution in [0.5, 0.6) is 5.75 Å². The molecule has 0 aliphatic heterocycles. The molecule has 0 bridgehead atoms. The van der Waals surface area contributed by atoms with Crippen molar-refractivity contribution in [1.29, 1.82) is 0 Å². The first-order chi connectivity index (χ1) is 9.66. The average Bonchev–Trinajstić information content (AvgIpc) is 2.45. The van der Waals surface area contributed by atoms with Crippen molar-refractivity contribution in [3.63, 3.8) is 0 Å². The highest BCUT2D eigenvalue weighted by Crippen LogP contribution is 2.14. The number of carbonyl (C=O) groups excluding carboxylic acids is 1. The van der Waals surface area contributed by atoms with E-state index in [2.05, 4.69) is 5.32 Å². The van der Waals surface area contributed by atoms with Gasteiger partial charge in [0.2, 0.25) is 0 Å². The molecule has 0 aromatic heterocycles. The van der Waals surface area contributed by atoms with Crippen molar-refractivity contribution in [1.82, 2.24) is 5.32 Å². The third-order valence-corrected chi connectivity index (χ3v) is 2.63. The maximum Gasteiger partial charge on any atom is 0.251 e. The van der Waals surface area contributed by atoms with Gasteiger partial charge in [0.15, 0.2) is 11.6 Å². The van der Waals surface area contributed by atoms with Gasteiger partial charge < -0.3 is 15.8 Å². The first-order valence-corrected chi connectivity index (χ1v) is 6.18. The highest BCUT2D eigenvalue weighted by Gasteiger charge is 2.05. The van der Waals surface area contributed by atoms with Crippen LogP contribution in [-0.2, 0) is 0 Å². The number of anilines is 1.